The van der Waals surface area contributed by atoms with Gasteiger partial charge in [0.15, 0.2) is 0 Å². The van der Waals surface area contributed by atoms with E-state index in [0.29, 0.717) is 0 Å². The fourth-order valence-corrected chi connectivity index (χ4v) is 3.00. The van der Waals surface area contributed by atoms with Crippen molar-refractivity contribution in [2.75, 3.05) is 0 Å². The summed E-state index contributed by atoms with van der Waals surface area (Å²) in [7, 11) is 0. The molecule has 1 aliphatic rings. The molecule has 0 fully saturated rings. The Morgan fingerprint density at radius 2 is 1.68 bits per heavy atom. The molecular formula is C18H16NO3-. The van der Waals surface area contributed by atoms with Gasteiger partial charge in [-0.05, 0) is 36.5 Å². The minimum Gasteiger partial charge on any atom is -0.545 e. The zero-order valence-corrected chi connectivity index (χ0v) is 12.0. The third-order valence-corrected chi connectivity index (χ3v) is 4.07. The molecule has 4 heteroatoms. The molecule has 2 aromatic rings. The Morgan fingerprint density at radius 3 is 2.45 bits per heavy atom. The highest BCUT2D eigenvalue weighted by Gasteiger charge is 2.22. The summed E-state index contributed by atoms with van der Waals surface area (Å²) >= 11 is 0. The second-order valence-corrected chi connectivity index (χ2v) is 5.45. The Bertz CT molecular complexity index is 724. The second-order valence-electron chi connectivity index (χ2n) is 5.45. The van der Waals surface area contributed by atoms with E-state index in [1.165, 1.54) is 17.7 Å². The van der Waals surface area contributed by atoms with Gasteiger partial charge in [-0.1, -0.05) is 42.5 Å². The Morgan fingerprint density at radius 1 is 1.00 bits per heavy atom. The van der Waals surface area contributed by atoms with Crippen LogP contribution in [0.5, 0.6) is 0 Å². The summed E-state index contributed by atoms with van der Waals surface area (Å²) in [4.78, 5) is 23.6. The summed E-state index contributed by atoms with van der Waals surface area (Å²) < 4.78 is 0. The molecule has 1 aliphatic carbocycles. The van der Waals surface area contributed by atoms with Crippen molar-refractivity contribution < 1.29 is 14.7 Å². The van der Waals surface area contributed by atoms with Crippen molar-refractivity contribution in [3.05, 3.63) is 70.8 Å². The van der Waals surface area contributed by atoms with E-state index >= 15 is 0 Å². The molecule has 1 atom stereocenters. The minimum atomic E-state index is -1.34. The van der Waals surface area contributed by atoms with Crippen LogP contribution in [-0.2, 0) is 6.42 Å². The predicted octanol–water partition coefficient (Wildman–Crippen LogP) is 1.86. The van der Waals surface area contributed by atoms with Crippen molar-refractivity contribution in [2.45, 2.75) is 25.3 Å². The van der Waals surface area contributed by atoms with Crippen LogP contribution in [0.2, 0.25) is 0 Å². The number of rotatable bonds is 3. The lowest BCUT2D eigenvalue weighted by Gasteiger charge is -2.26. The van der Waals surface area contributed by atoms with Crippen molar-refractivity contribution in [3.8, 4) is 0 Å². The van der Waals surface area contributed by atoms with Crippen molar-refractivity contribution in [2.24, 2.45) is 0 Å². The number of nitrogens with one attached hydrogen (secondary N) is 1. The van der Waals surface area contributed by atoms with Gasteiger partial charge in [0.2, 0.25) is 0 Å². The monoisotopic (exact) mass is 294 g/mol. The molecule has 0 radical (unpaired) electrons. The Hall–Kier alpha value is -2.62. The van der Waals surface area contributed by atoms with Gasteiger partial charge in [0.05, 0.1) is 12.0 Å². The first-order chi connectivity index (χ1) is 10.7. The number of benzene rings is 2. The van der Waals surface area contributed by atoms with Gasteiger partial charge in [0.25, 0.3) is 5.91 Å². The maximum atomic E-state index is 12.4. The minimum absolute atomic E-state index is 0.0766. The molecule has 112 valence electrons. The maximum Gasteiger partial charge on any atom is 0.252 e. The summed E-state index contributed by atoms with van der Waals surface area (Å²) in [6, 6.07) is 14.1. The highest BCUT2D eigenvalue weighted by Crippen LogP contribution is 2.29. The number of carboxylic acid groups (broad SMARTS) is 1. The van der Waals surface area contributed by atoms with Crippen molar-refractivity contribution >= 4 is 11.9 Å². The van der Waals surface area contributed by atoms with Gasteiger partial charge >= 0.3 is 0 Å². The zero-order valence-electron chi connectivity index (χ0n) is 12.0. The van der Waals surface area contributed by atoms with Gasteiger partial charge in [-0.2, -0.15) is 0 Å². The lowest BCUT2D eigenvalue weighted by atomic mass is 9.87. The molecule has 2 aromatic carbocycles. The number of carbonyl (C=O) groups excluding carboxylic acids is 2. The van der Waals surface area contributed by atoms with Crippen LogP contribution in [-0.4, -0.2) is 11.9 Å². The van der Waals surface area contributed by atoms with E-state index in [2.05, 4.69) is 11.4 Å². The van der Waals surface area contributed by atoms with Crippen LogP contribution in [0.15, 0.2) is 48.5 Å². The average Bonchev–Trinajstić information content (AvgIpc) is 2.55. The first kappa shape index (κ1) is 14.3. The molecule has 0 aromatic heterocycles. The number of amides is 1. The Balaban J connectivity index is 1.86. The van der Waals surface area contributed by atoms with E-state index < -0.39 is 5.97 Å². The van der Waals surface area contributed by atoms with Crippen LogP contribution in [0.1, 0.15) is 50.7 Å². The van der Waals surface area contributed by atoms with E-state index in [0.717, 1.165) is 24.8 Å². The normalized spacial score (nSPS) is 16.6. The van der Waals surface area contributed by atoms with Gasteiger partial charge in [0.1, 0.15) is 0 Å². The maximum absolute atomic E-state index is 12.4. The van der Waals surface area contributed by atoms with Gasteiger partial charge < -0.3 is 15.2 Å². The molecule has 1 amide bonds. The van der Waals surface area contributed by atoms with Crippen molar-refractivity contribution in [3.63, 3.8) is 0 Å². The molecule has 0 spiro atoms. The van der Waals surface area contributed by atoms with E-state index in [1.807, 2.05) is 18.2 Å². The third kappa shape index (κ3) is 2.72. The summed E-state index contributed by atoms with van der Waals surface area (Å²) in [5.41, 5.74) is 2.43. The smallest absolute Gasteiger partial charge is 0.252 e. The van der Waals surface area contributed by atoms with Gasteiger partial charge in [-0.25, -0.2) is 0 Å². The molecular weight excluding hydrogens is 278 g/mol. The molecule has 4 nitrogen and oxygen atoms in total. The molecule has 0 saturated heterocycles. The largest absolute Gasteiger partial charge is 0.545 e. The third-order valence-electron chi connectivity index (χ3n) is 4.07. The quantitative estimate of drug-likeness (QED) is 0.939. The van der Waals surface area contributed by atoms with Gasteiger partial charge in [0, 0.05) is 11.1 Å². The van der Waals surface area contributed by atoms with Crippen LogP contribution < -0.4 is 10.4 Å². The second kappa shape index (κ2) is 6.02. The molecule has 0 saturated carbocycles. The number of carbonyl (C=O) groups is 2. The van der Waals surface area contributed by atoms with Crippen LogP contribution >= 0.6 is 0 Å². The summed E-state index contributed by atoms with van der Waals surface area (Å²) in [6.45, 7) is 0. The first-order valence-corrected chi connectivity index (χ1v) is 7.36. The van der Waals surface area contributed by atoms with Gasteiger partial charge in [-0.3, -0.25) is 4.79 Å². The number of hydrogen-bond donors (Lipinski definition) is 1. The summed E-state index contributed by atoms with van der Waals surface area (Å²) in [6.07, 6.45) is 2.87. The highest BCUT2D eigenvalue weighted by atomic mass is 16.4. The van der Waals surface area contributed by atoms with Crippen LogP contribution in [0.4, 0.5) is 0 Å². The number of aromatic carboxylic acids is 1. The summed E-state index contributed by atoms with van der Waals surface area (Å²) in [5.74, 6) is -1.71. The Kier molecular flexibility index (Phi) is 3.92. The van der Waals surface area contributed by atoms with E-state index in [9.17, 15) is 14.7 Å². The van der Waals surface area contributed by atoms with Crippen LogP contribution in [0.25, 0.3) is 0 Å². The number of carboxylic acids is 1. The highest BCUT2D eigenvalue weighted by molar-refractivity contribution is 6.04. The average molecular weight is 294 g/mol. The number of aryl methyl sites for hydroxylation is 1. The van der Waals surface area contributed by atoms with E-state index in [1.54, 1.807) is 12.1 Å². The van der Waals surface area contributed by atoms with Gasteiger partial charge in [-0.15, -0.1) is 0 Å². The fourth-order valence-electron chi connectivity index (χ4n) is 3.00. The molecule has 0 heterocycles. The molecule has 0 bridgehead atoms. The molecule has 1 N–H and O–H groups in total. The van der Waals surface area contributed by atoms with Crippen molar-refractivity contribution in [1.29, 1.82) is 0 Å². The molecule has 0 aliphatic heterocycles. The molecule has 3 rings (SSSR count). The topological polar surface area (TPSA) is 69.2 Å². The Labute approximate surface area is 128 Å². The van der Waals surface area contributed by atoms with E-state index in [4.69, 9.17) is 0 Å². The van der Waals surface area contributed by atoms with Crippen molar-refractivity contribution in [1.82, 2.24) is 5.32 Å². The molecule has 22 heavy (non-hydrogen) atoms. The zero-order chi connectivity index (χ0) is 15.5. The van der Waals surface area contributed by atoms with Crippen LogP contribution in [0.3, 0.4) is 0 Å². The SMILES string of the molecule is O=C([O-])c1ccccc1C(=O)NC1CCCc2ccccc21. The first-order valence-electron chi connectivity index (χ1n) is 7.36. The number of hydrogen-bond acceptors (Lipinski definition) is 3. The summed E-state index contributed by atoms with van der Waals surface area (Å²) in [5, 5.41) is 14.1. The van der Waals surface area contributed by atoms with E-state index in [-0.39, 0.29) is 23.1 Å². The standard InChI is InChI=1S/C18H17NO3/c20-17(14-9-3-4-10-15(14)18(21)22)19-16-11-5-7-12-6-1-2-8-13(12)16/h1-4,6,8-10,16H,5,7,11H2,(H,19,20)(H,21,22)/p-1. The lowest BCUT2D eigenvalue weighted by Crippen LogP contribution is -2.33. The predicted molar refractivity (Wildman–Crippen MR) is 80.4 cm³/mol. The molecule has 1 unspecified atom stereocenters. The van der Waals surface area contributed by atoms with Crippen LogP contribution in [0, 0.1) is 0 Å². The number of fused-ring (bicyclic) bond motifs is 1. The lowest BCUT2D eigenvalue weighted by molar-refractivity contribution is -0.255. The fraction of sp³-hybridized carbons (Fsp3) is 0.222.